The van der Waals surface area contributed by atoms with Crippen LogP contribution in [0.3, 0.4) is 0 Å². The minimum absolute atomic E-state index is 0.585. The van der Waals surface area contributed by atoms with Crippen LogP contribution in [0.4, 0.5) is 0 Å². The lowest BCUT2D eigenvalue weighted by Gasteiger charge is -2.13. The van der Waals surface area contributed by atoms with Gasteiger partial charge in [0, 0.05) is 27.5 Å². The molecule has 0 amide bonds. The maximum atomic E-state index is 6.50. The number of nitrogens with zero attached hydrogens (tertiary/aromatic N) is 3. The third kappa shape index (κ3) is 5.63. The zero-order valence-electron chi connectivity index (χ0n) is 28.6. The van der Waals surface area contributed by atoms with Gasteiger partial charge in [-0.05, 0) is 74.5 Å². The van der Waals surface area contributed by atoms with E-state index in [1.807, 2.05) is 42.5 Å². The van der Waals surface area contributed by atoms with E-state index in [0.29, 0.717) is 17.5 Å². The van der Waals surface area contributed by atoms with Crippen LogP contribution in [-0.2, 0) is 0 Å². The van der Waals surface area contributed by atoms with Crippen molar-refractivity contribution in [2.45, 2.75) is 0 Å². The first-order valence-electron chi connectivity index (χ1n) is 17.8. The number of hydrogen-bond acceptors (Lipinski definition) is 4. The van der Waals surface area contributed by atoms with Crippen LogP contribution in [0.1, 0.15) is 0 Å². The molecule has 0 bridgehead atoms. The van der Waals surface area contributed by atoms with Gasteiger partial charge in [-0.3, -0.25) is 0 Å². The van der Waals surface area contributed by atoms with Crippen LogP contribution in [0.15, 0.2) is 192 Å². The molecule has 2 heterocycles. The summed E-state index contributed by atoms with van der Waals surface area (Å²) in [5, 5.41) is 4.27. The van der Waals surface area contributed by atoms with Gasteiger partial charge in [-0.2, -0.15) is 0 Å². The van der Waals surface area contributed by atoms with E-state index in [-0.39, 0.29) is 0 Å². The molecule has 0 aliphatic heterocycles. The summed E-state index contributed by atoms with van der Waals surface area (Å²) in [6.45, 7) is 0. The van der Waals surface area contributed by atoms with E-state index in [2.05, 4.69) is 146 Å². The van der Waals surface area contributed by atoms with Gasteiger partial charge >= 0.3 is 0 Å². The van der Waals surface area contributed by atoms with Crippen molar-refractivity contribution in [1.82, 2.24) is 15.0 Å². The van der Waals surface area contributed by atoms with E-state index in [1.165, 1.54) is 11.1 Å². The smallest absolute Gasteiger partial charge is 0.164 e. The maximum Gasteiger partial charge on any atom is 0.164 e. The minimum Gasteiger partial charge on any atom is -0.456 e. The quantitative estimate of drug-likeness (QED) is 0.176. The SMILES string of the molecule is c1ccc(-c2ccc3cc(-c4nc(-c5ccccc5-c5ccccc5)nc(-c5cc(-c6ccccc6)cc6oc7ccccc7c56)n4)ccc3c2)cc1. The van der Waals surface area contributed by atoms with Gasteiger partial charge in [0.2, 0.25) is 0 Å². The summed E-state index contributed by atoms with van der Waals surface area (Å²) in [5.74, 6) is 1.80. The fraction of sp³-hybridized carbons (Fsp3) is 0. The molecule has 0 N–H and O–H groups in total. The second-order valence-electron chi connectivity index (χ2n) is 13.2. The number of rotatable bonds is 6. The van der Waals surface area contributed by atoms with Crippen molar-refractivity contribution in [2.75, 3.05) is 0 Å². The van der Waals surface area contributed by atoms with Crippen LogP contribution in [-0.4, -0.2) is 15.0 Å². The zero-order chi connectivity index (χ0) is 35.1. The second-order valence-corrected chi connectivity index (χ2v) is 13.2. The van der Waals surface area contributed by atoms with Crippen LogP contribution in [0.2, 0.25) is 0 Å². The van der Waals surface area contributed by atoms with Crippen LogP contribution < -0.4 is 0 Å². The van der Waals surface area contributed by atoms with Gasteiger partial charge in [0.1, 0.15) is 11.2 Å². The van der Waals surface area contributed by atoms with Crippen molar-refractivity contribution < 1.29 is 4.42 Å². The molecule has 0 aliphatic carbocycles. The summed E-state index contributed by atoms with van der Waals surface area (Å²) in [6, 6.07) is 65.1. The average Bonchev–Trinajstić information content (AvgIpc) is 3.62. The van der Waals surface area contributed by atoms with Gasteiger partial charge < -0.3 is 4.42 Å². The Morgan fingerprint density at radius 2 is 0.830 bits per heavy atom. The molecule has 4 nitrogen and oxygen atoms in total. The highest BCUT2D eigenvalue weighted by atomic mass is 16.3. The number of furan rings is 1. The molecule has 4 heteroatoms. The van der Waals surface area contributed by atoms with Gasteiger partial charge in [0.25, 0.3) is 0 Å². The van der Waals surface area contributed by atoms with Gasteiger partial charge in [0.05, 0.1) is 0 Å². The largest absolute Gasteiger partial charge is 0.456 e. The van der Waals surface area contributed by atoms with Crippen molar-refractivity contribution in [1.29, 1.82) is 0 Å². The summed E-state index contributed by atoms with van der Waals surface area (Å²) in [5.41, 5.74) is 11.0. The molecule has 0 radical (unpaired) electrons. The molecule has 0 saturated heterocycles. The standard InChI is InChI=1S/C49H31N3O/c1-4-14-32(15-5-1)35-24-25-37-29-38(27-26-36(37)28-35)47-50-48(41-21-11-10-20-40(41)34-18-8-3-9-19-34)52-49(51-47)43-30-39(33-16-6-2-7-17-33)31-45-46(43)42-22-12-13-23-44(42)53-45/h1-31H. The van der Waals surface area contributed by atoms with Gasteiger partial charge in [-0.15, -0.1) is 0 Å². The topological polar surface area (TPSA) is 51.8 Å². The van der Waals surface area contributed by atoms with Gasteiger partial charge in [0.15, 0.2) is 17.5 Å². The van der Waals surface area contributed by atoms with Crippen LogP contribution in [0.5, 0.6) is 0 Å². The first-order valence-corrected chi connectivity index (χ1v) is 17.8. The molecule has 248 valence electrons. The number of benzene rings is 8. The predicted octanol–water partition coefficient (Wildman–Crippen LogP) is 12.9. The first-order chi connectivity index (χ1) is 26.2. The van der Waals surface area contributed by atoms with E-state index in [1.54, 1.807) is 0 Å². The Kier molecular flexibility index (Phi) is 7.43. The Morgan fingerprint density at radius 1 is 0.302 bits per heavy atom. The Balaban J connectivity index is 1.22. The summed E-state index contributed by atoms with van der Waals surface area (Å²) < 4.78 is 6.50. The number of para-hydroxylation sites is 1. The molecule has 8 aromatic carbocycles. The molecule has 10 aromatic rings. The summed E-state index contributed by atoms with van der Waals surface area (Å²) in [6.07, 6.45) is 0. The van der Waals surface area contributed by atoms with Crippen molar-refractivity contribution in [3.63, 3.8) is 0 Å². The molecule has 53 heavy (non-hydrogen) atoms. The number of aromatic nitrogens is 3. The highest BCUT2D eigenvalue weighted by Gasteiger charge is 2.21. The van der Waals surface area contributed by atoms with Crippen LogP contribution >= 0.6 is 0 Å². The zero-order valence-corrected chi connectivity index (χ0v) is 28.6. The third-order valence-electron chi connectivity index (χ3n) is 9.92. The van der Waals surface area contributed by atoms with E-state index in [0.717, 1.165) is 71.7 Å². The molecular weight excluding hydrogens is 647 g/mol. The van der Waals surface area contributed by atoms with Crippen molar-refractivity contribution in [2.24, 2.45) is 0 Å². The molecule has 2 aromatic heterocycles. The first kappa shape index (κ1) is 30.6. The average molecular weight is 678 g/mol. The Labute approximate surface area is 306 Å². The fourth-order valence-corrected chi connectivity index (χ4v) is 7.32. The molecule has 0 unspecified atom stereocenters. The molecule has 0 fully saturated rings. The normalized spacial score (nSPS) is 11.4. The van der Waals surface area contributed by atoms with Gasteiger partial charge in [-0.1, -0.05) is 158 Å². The molecular formula is C49H31N3O. The molecule has 0 aliphatic rings. The summed E-state index contributed by atoms with van der Waals surface area (Å²) in [7, 11) is 0. The summed E-state index contributed by atoms with van der Waals surface area (Å²) in [4.78, 5) is 15.8. The maximum absolute atomic E-state index is 6.50. The van der Waals surface area contributed by atoms with Gasteiger partial charge in [-0.25, -0.2) is 15.0 Å². The fourth-order valence-electron chi connectivity index (χ4n) is 7.32. The lowest BCUT2D eigenvalue weighted by atomic mass is 9.97. The molecule has 10 rings (SSSR count). The van der Waals surface area contributed by atoms with E-state index >= 15 is 0 Å². The van der Waals surface area contributed by atoms with E-state index < -0.39 is 0 Å². The highest BCUT2D eigenvalue weighted by Crippen LogP contribution is 2.41. The van der Waals surface area contributed by atoms with Crippen LogP contribution in [0.25, 0.3) is 100 Å². The van der Waals surface area contributed by atoms with E-state index in [9.17, 15) is 0 Å². The number of hydrogen-bond donors (Lipinski definition) is 0. The molecule has 0 spiro atoms. The van der Waals surface area contributed by atoms with Crippen molar-refractivity contribution in [3.8, 4) is 67.5 Å². The van der Waals surface area contributed by atoms with E-state index in [4.69, 9.17) is 19.4 Å². The van der Waals surface area contributed by atoms with Crippen LogP contribution in [0, 0.1) is 0 Å². The monoisotopic (exact) mass is 677 g/mol. The number of fused-ring (bicyclic) bond motifs is 4. The lowest BCUT2D eigenvalue weighted by Crippen LogP contribution is -2.01. The molecule has 0 atom stereocenters. The second kappa shape index (κ2) is 12.9. The predicted molar refractivity (Wildman–Crippen MR) is 217 cm³/mol. The summed E-state index contributed by atoms with van der Waals surface area (Å²) >= 11 is 0. The third-order valence-corrected chi connectivity index (χ3v) is 9.92. The Hall–Kier alpha value is -7.17. The molecule has 0 saturated carbocycles. The Morgan fingerprint density at radius 3 is 1.55 bits per heavy atom. The Bertz CT molecular complexity index is 2940. The minimum atomic E-state index is 0.585. The van der Waals surface area contributed by atoms with Crippen molar-refractivity contribution in [3.05, 3.63) is 188 Å². The van der Waals surface area contributed by atoms with Crippen molar-refractivity contribution >= 4 is 32.7 Å². The highest BCUT2D eigenvalue weighted by molar-refractivity contribution is 6.13. The lowest BCUT2D eigenvalue weighted by molar-refractivity contribution is 0.669.